The summed E-state index contributed by atoms with van der Waals surface area (Å²) in [6.07, 6.45) is 4.74. The Labute approximate surface area is 114 Å². The number of benzene rings is 1. The molecule has 6 nitrogen and oxygen atoms in total. The van der Waals surface area contributed by atoms with E-state index in [1.807, 2.05) is 18.2 Å². The number of carbonyl (C=O) groups is 1. The van der Waals surface area contributed by atoms with Crippen molar-refractivity contribution in [3.8, 4) is 17.1 Å². The maximum Gasteiger partial charge on any atom is 0.356 e. The molecule has 0 aliphatic carbocycles. The zero-order valence-electron chi connectivity index (χ0n) is 10.6. The second kappa shape index (κ2) is 4.65. The molecule has 3 rings (SSSR count). The Morgan fingerprint density at radius 3 is 2.90 bits per heavy atom. The van der Waals surface area contributed by atoms with Gasteiger partial charge in [-0.1, -0.05) is 12.1 Å². The third-order valence-electron chi connectivity index (χ3n) is 3.00. The fourth-order valence-corrected chi connectivity index (χ4v) is 2.12. The molecule has 20 heavy (non-hydrogen) atoms. The molecule has 0 saturated heterocycles. The van der Waals surface area contributed by atoms with Crippen molar-refractivity contribution in [3.63, 3.8) is 0 Å². The Kier molecular flexibility index (Phi) is 2.83. The van der Waals surface area contributed by atoms with Gasteiger partial charge in [-0.05, 0) is 12.1 Å². The van der Waals surface area contributed by atoms with Crippen molar-refractivity contribution < 1.29 is 14.6 Å². The van der Waals surface area contributed by atoms with Gasteiger partial charge in [-0.25, -0.2) is 9.78 Å². The third-order valence-corrected chi connectivity index (χ3v) is 3.00. The normalized spacial score (nSPS) is 10.7. The number of aromatic carboxylic acids is 1. The van der Waals surface area contributed by atoms with E-state index in [1.54, 1.807) is 30.0 Å². The van der Waals surface area contributed by atoms with Crippen LogP contribution in [0.4, 0.5) is 0 Å². The van der Waals surface area contributed by atoms with Gasteiger partial charge in [0, 0.05) is 12.4 Å². The van der Waals surface area contributed by atoms with Gasteiger partial charge in [0.25, 0.3) is 0 Å². The smallest absolute Gasteiger partial charge is 0.356 e. The molecule has 0 radical (unpaired) electrons. The van der Waals surface area contributed by atoms with Gasteiger partial charge in [0.2, 0.25) is 0 Å². The number of rotatable bonds is 3. The van der Waals surface area contributed by atoms with Gasteiger partial charge >= 0.3 is 5.97 Å². The number of methoxy groups -OCH3 is 1. The van der Waals surface area contributed by atoms with Gasteiger partial charge < -0.3 is 9.84 Å². The Bertz CT molecular complexity index is 795. The van der Waals surface area contributed by atoms with Crippen molar-refractivity contribution in [2.75, 3.05) is 7.11 Å². The van der Waals surface area contributed by atoms with Crippen LogP contribution < -0.4 is 4.74 Å². The summed E-state index contributed by atoms with van der Waals surface area (Å²) >= 11 is 0. The minimum absolute atomic E-state index is 0.0287. The van der Waals surface area contributed by atoms with Crippen LogP contribution in [-0.2, 0) is 0 Å². The fraction of sp³-hybridized carbons (Fsp3) is 0.0714. The lowest BCUT2D eigenvalue weighted by Gasteiger charge is -2.06. The first-order valence-electron chi connectivity index (χ1n) is 5.91. The molecular weight excluding hydrogens is 258 g/mol. The number of carboxylic acids is 1. The highest BCUT2D eigenvalue weighted by Crippen LogP contribution is 2.30. The average molecular weight is 269 g/mol. The Balaban J connectivity index is 2.34. The van der Waals surface area contributed by atoms with Crippen LogP contribution in [0, 0.1) is 0 Å². The summed E-state index contributed by atoms with van der Waals surface area (Å²) in [7, 11) is 1.56. The van der Waals surface area contributed by atoms with E-state index in [0.29, 0.717) is 17.1 Å². The lowest BCUT2D eigenvalue weighted by atomic mass is 10.2. The van der Waals surface area contributed by atoms with Gasteiger partial charge in [-0.3, -0.25) is 9.38 Å². The van der Waals surface area contributed by atoms with Crippen LogP contribution in [0.15, 0.2) is 42.9 Å². The van der Waals surface area contributed by atoms with E-state index in [-0.39, 0.29) is 5.69 Å². The summed E-state index contributed by atoms with van der Waals surface area (Å²) in [6, 6.07) is 7.33. The van der Waals surface area contributed by atoms with Crippen molar-refractivity contribution >= 4 is 11.5 Å². The van der Waals surface area contributed by atoms with Gasteiger partial charge in [-0.15, -0.1) is 0 Å². The fourth-order valence-electron chi connectivity index (χ4n) is 2.12. The van der Waals surface area contributed by atoms with Gasteiger partial charge in [-0.2, -0.15) is 0 Å². The molecule has 0 aliphatic heterocycles. The van der Waals surface area contributed by atoms with Gasteiger partial charge in [0.05, 0.1) is 24.4 Å². The SMILES string of the molecule is COc1ccccc1-c1nc(C(=O)O)c2cnccn12. The first kappa shape index (κ1) is 12.2. The van der Waals surface area contributed by atoms with Crippen molar-refractivity contribution in [2.24, 2.45) is 0 Å². The lowest BCUT2D eigenvalue weighted by Crippen LogP contribution is -1.97. The van der Waals surface area contributed by atoms with Crippen LogP contribution in [0.2, 0.25) is 0 Å². The third kappa shape index (κ3) is 1.78. The largest absolute Gasteiger partial charge is 0.496 e. The predicted molar refractivity (Wildman–Crippen MR) is 71.9 cm³/mol. The molecule has 1 N–H and O–H groups in total. The van der Waals surface area contributed by atoms with Crippen molar-refractivity contribution in [3.05, 3.63) is 48.5 Å². The summed E-state index contributed by atoms with van der Waals surface area (Å²) < 4.78 is 6.99. The van der Waals surface area contributed by atoms with Crippen LogP contribution >= 0.6 is 0 Å². The van der Waals surface area contributed by atoms with Gasteiger partial charge in [0.1, 0.15) is 11.6 Å². The number of fused-ring (bicyclic) bond motifs is 1. The van der Waals surface area contributed by atoms with E-state index in [4.69, 9.17) is 4.74 Å². The summed E-state index contributed by atoms with van der Waals surface area (Å²) in [6.45, 7) is 0. The van der Waals surface area contributed by atoms with E-state index in [1.165, 1.54) is 6.20 Å². The molecule has 0 fully saturated rings. The number of aromatic nitrogens is 3. The maximum absolute atomic E-state index is 11.3. The minimum Gasteiger partial charge on any atom is -0.496 e. The molecule has 0 bridgehead atoms. The summed E-state index contributed by atoms with van der Waals surface area (Å²) in [5.74, 6) is 0.0575. The highest BCUT2D eigenvalue weighted by Gasteiger charge is 2.19. The van der Waals surface area contributed by atoms with Crippen LogP contribution in [0.5, 0.6) is 5.75 Å². The van der Waals surface area contributed by atoms with Crippen molar-refractivity contribution in [1.82, 2.24) is 14.4 Å². The highest BCUT2D eigenvalue weighted by molar-refractivity contribution is 5.94. The van der Waals surface area contributed by atoms with E-state index in [0.717, 1.165) is 5.56 Å². The number of ether oxygens (including phenoxy) is 1. The van der Waals surface area contributed by atoms with E-state index < -0.39 is 5.97 Å². The summed E-state index contributed by atoms with van der Waals surface area (Å²) in [5, 5.41) is 9.23. The first-order chi connectivity index (χ1) is 9.72. The van der Waals surface area contributed by atoms with Crippen LogP contribution in [0.3, 0.4) is 0 Å². The van der Waals surface area contributed by atoms with E-state index in [2.05, 4.69) is 9.97 Å². The van der Waals surface area contributed by atoms with E-state index in [9.17, 15) is 9.90 Å². The van der Waals surface area contributed by atoms with E-state index >= 15 is 0 Å². The Morgan fingerprint density at radius 1 is 1.35 bits per heavy atom. The number of hydrogen-bond acceptors (Lipinski definition) is 4. The second-order valence-electron chi connectivity index (χ2n) is 4.12. The zero-order chi connectivity index (χ0) is 14.1. The standard InChI is InChI=1S/C14H11N3O3/c1-20-11-5-3-2-4-9(11)13-16-12(14(18)19)10-8-15-6-7-17(10)13/h2-8H,1H3,(H,18,19). The second-order valence-corrected chi connectivity index (χ2v) is 4.12. The topological polar surface area (TPSA) is 76.7 Å². The lowest BCUT2D eigenvalue weighted by molar-refractivity contribution is 0.0693. The number of hydrogen-bond donors (Lipinski definition) is 1. The molecule has 2 heterocycles. The highest BCUT2D eigenvalue weighted by atomic mass is 16.5. The number of imidazole rings is 1. The quantitative estimate of drug-likeness (QED) is 0.788. The maximum atomic E-state index is 11.3. The average Bonchev–Trinajstić information content (AvgIpc) is 2.87. The molecule has 0 saturated carbocycles. The molecule has 2 aromatic heterocycles. The van der Waals surface area contributed by atoms with Crippen LogP contribution in [0.1, 0.15) is 10.5 Å². The molecule has 0 aliphatic rings. The summed E-state index contributed by atoms with van der Waals surface area (Å²) in [4.78, 5) is 19.4. The minimum atomic E-state index is -1.09. The first-order valence-corrected chi connectivity index (χ1v) is 5.91. The monoisotopic (exact) mass is 269 g/mol. The molecule has 0 atom stereocenters. The van der Waals surface area contributed by atoms with Crippen LogP contribution in [-0.4, -0.2) is 32.6 Å². The molecule has 0 spiro atoms. The van der Waals surface area contributed by atoms with Crippen LogP contribution in [0.25, 0.3) is 16.9 Å². The molecular formula is C14H11N3O3. The Morgan fingerprint density at radius 2 is 2.15 bits per heavy atom. The molecule has 0 unspecified atom stereocenters. The predicted octanol–water partition coefficient (Wildman–Crippen LogP) is 2.10. The Hall–Kier alpha value is -2.89. The number of para-hydroxylation sites is 1. The van der Waals surface area contributed by atoms with Crippen molar-refractivity contribution in [1.29, 1.82) is 0 Å². The number of carboxylic acid groups (broad SMARTS) is 1. The van der Waals surface area contributed by atoms with Crippen molar-refractivity contribution in [2.45, 2.75) is 0 Å². The number of nitrogens with zero attached hydrogens (tertiary/aromatic N) is 3. The molecule has 0 amide bonds. The molecule has 100 valence electrons. The molecule has 6 heteroatoms. The van der Waals surface area contributed by atoms with Gasteiger partial charge in [0.15, 0.2) is 5.69 Å². The summed E-state index contributed by atoms with van der Waals surface area (Å²) in [5.41, 5.74) is 1.14. The zero-order valence-corrected chi connectivity index (χ0v) is 10.6. The molecule has 3 aromatic rings. The molecule has 1 aromatic carbocycles.